The lowest BCUT2D eigenvalue weighted by Crippen LogP contribution is -2.41. The molecule has 3 heteroatoms. The monoisotopic (exact) mass is 276 g/mol. The first-order chi connectivity index (χ1) is 9.63. The molecule has 1 saturated heterocycles. The van der Waals surface area contributed by atoms with Gasteiger partial charge in [-0.15, -0.1) is 0 Å². The van der Waals surface area contributed by atoms with Gasteiger partial charge in [0.25, 0.3) is 0 Å². The van der Waals surface area contributed by atoms with Crippen molar-refractivity contribution in [2.45, 2.75) is 51.7 Å². The molecular weight excluding hydrogens is 251 g/mol. The lowest BCUT2D eigenvalue weighted by molar-refractivity contribution is 0.190. The molecule has 0 spiro atoms. The van der Waals surface area contributed by atoms with Crippen LogP contribution in [-0.4, -0.2) is 30.1 Å². The van der Waals surface area contributed by atoms with Crippen molar-refractivity contribution in [3.63, 3.8) is 0 Å². The normalized spacial score (nSPS) is 28.4. The Labute approximate surface area is 121 Å². The molecule has 2 fully saturated rings. The molecule has 2 aliphatic rings. The van der Waals surface area contributed by atoms with Crippen LogP contribution >= 0.6 is 0 Å². The zero-order valence-electron chi connectivity index (χ0n) is 12.5. The van der Waals surface area contributed by atoms with E-state index in [1.165, 1.54) is 24.8 Å². The minimum absolute atomic E-state index is 0.132. The van der Waals surface area contributed by atoms with Crippen LogP contribution in [0, 0.1) is 18.7 Å². The highest BCUT2D eigenvalue weighted by Crippen LogP contribution is 2.34. The number of nitrogens with one attached hydrogen (secondary N) is 1. The average Bonchev–Trinajstić information content (AvgIpc) is 3.22. The molecule has 1 aliphatic heterocycles. The van der Waals surface area contributed by atoms with E-state index in [9.17, 15) is 4.39 Å². The molecular formula is C17H25FN2. The number of halogens is 1. The molecule has 2 unspecified atom stereocenters. The molecule has 110 valence electrons. The molecule has 0 bridgehead atoms. The van der Waals surface area contributed by atoms with E-state index in [0.29, 0.717) is 12.1 Å². The van der Waals surface area contributed by atoms with Gasteiger partial charge in [0.1, 0.15) is 5.82 Å². The Hall–Kier alpha value is -0.930. The molecule has 0 amide bonds. The molecule has 3 rings (SSSR count). The smallest absolute Gasteiger partial charge is 0.123 e. The molecule has 2 atom stereocenters. The van der Waals surface area contributed by atoms with Crippen molar-refractivity contribution in [1.82, 2.24) is 10.2 Å². The van der Waals surface area contributed by atoms with E-state index in [-0.39, 0.29) is 5.82 Å². The van der Waals surface area contributed by atoms with Gasteiger partial charge in [-0.1, -0.05) is 6.07 Å². The van der Waals surface area contributed by atoms with Crippen LogP contribution in [0.2, 0.25) is 0 Å². The first kappa shape index (κ1) is 14.0. The second-order valence-electron chi connectivity index (χ2n) is 6.54. The summed E-state index contributed by atoms with van der Waals surface area (Å²) in [5.41, 5.74) is 2.33. The van der Waals surface area contributed by atoms with Gasteiger partial charge in [-0.05, 0) is 68.8 Å². The molecule has 1 aromatic rings. The summed E-state index contributed by atoms with van der Waals surface area (Å²) in [4.78, 5) is 2.57. The van der Waals surface area contributed by atoms with E-state index in [1.807, 2.05) is 13.0 Å². The van der Waals surface area contributed by atoms with E-state index >= 15 is 0 Å². The maximum Gasteiger partial charge on any atom is 0.123 e. The van der Waals surface area contributed by atoms with Crippen LogP contribution in [0.5, 0.6) is 0 Å². The molecule has 1 heterocycles. The summed E-state index contributed by atoms with van der Waals surface area (Å²) in [7, 11) is 0. The number of nitrogens with zero attached hydrogens (tertiary/aromatic N) is 1. The topological polar surface area (TPSA) is 15.3 Å². The van der Waals surface area contributed by atoms with Crippen molar-refractivity contribution >= 4 is 0 Å². The number of hydrogen-bond acceptors (Lipinski definition) is 2. The summed E-state index contributed by atoms with van der Waals surface area (Å²) in [5, 5.41) is 3.71. The van der Waals surface area contributed by atoms with Gasteiger partial charge in [0, 0.05) is 25.2 Å². The Bertz CT molecular complexity index is 470. The summed E-state index contributed by atoms with van der Waals surface area (Å²) in [6.45, 7) is 7.52. The lowest BCUT2D eigenvalue weighted by atomic mass is 10.1. The van der Waals surface area contributed by atoms with Crippen LogP contribution in [0.4, 0.5) is 4.39 Å². The average molecular weight is 276 g/mol. The highest BCUT2D eigenvalue weighted by Gasteiger charge is 2.34. The van der Waals surface area contributed by atoms with Gasteiger partial charge in [0.15, 0.2) is 0 Å². The fourth-order valence-corrected chi connectivity index (χ4v) is 3.25. The molecule has 0 radical (unpaired) electrons. The fraction of sp³-hybridized carbons (Fsp3) is 0.647. The Balaban J connectivity index is 1.72. The molecule has 20 heavy (non-hydrogen) atoms. The van der Waals surface area contributed by atoms with Crippen LogP contribution in [0.25, 0.3) is 0 Å². The van der Waals surface area contributed by atoms with Crippen molar-refractivity contribution in [1.29, 1.82) is 0 Å². The maximum absolute atomic E-state index is 13.2. The van der Waals surface area contributed by atoms with Gasteiger partial charge in [-0.2, -0.15) is 0 Å². The summed E-state index contributed by atoms with van der Waals surface area (Å²) in [6, 6.07) is 6.42. The van der Waals surface area contributed by atoms with Gasteiger partial charge in [-0.25, -0.2) is 4.39 Å². The Morgan fingerprint density at radius 2 is 2.10 bits per heavy atom. The quantitative estimate of drug-likeness (QED) is 0.912. The Kier molecular flexibility index (Phi) is 4.08. The lowest BCUT2D eigenvalue weighted by Gasteiger charge is -2.29. The molecule has 1 saturated carbocycles. The zero-order valence-corrected chi connectivity index (χ0v) is 12.5. The number of benzene rings is 1. The summed E-state index contributed by atoms with van der Waals surface area (Å²) in [6.07, 6.45) is 3.97. The third-order valence-electron chi connectivity index (χ3n) is 4.89. The van der Waals surface area contributed by atoms with E-state index in [1.54, 1.807) is 12.1 Å². The van der Waals surface area contributed by atoms with Gasteiger partial charge in [0.2, 0.25) is 0 Å². The molecule has 1 aliphatic carbocycles. The van der Waals surface area contributed by atoms with Crippen LogP contribution in [0.1, 0.15) is 37.3 Å². The minimum Gasteiger partial charge on any atom is -0.312 e. The van der Waals surface area contributed by atoms with Gasteiger partial charge < -0.3 is 5.32 Å². The predicted molar refractivity (Wildman–Crippen MR) is 80.1 cm³/mol. The van der Waals surface area contributed by atoms with Crippen LogP contribution in [-0.2, 0) is 6.54 Å². The summed E-state index contributed by atoms with van der Waals surface area (Å²) >= 11 is 0. The first-order valence-corrected chi connectivity index (χ1v) is 7.86. The third-order valence-corrected chi connectivity index (χ3v) is 4.89. The van der Waals surface area contributed by atoms with Crippen LogP contribution < -0.4 is 5.32 Å². The van der Waals surface area contributed by atoms with Gasteiger partial charge in [0.05, 0.1) is 0 Å². The molecule has 2 nitrogen and oxygen atoms in total. The van der Waals surface area contributed by atoms with Gasteiger partial charge >= 0.3 is 0 Å². The number of aryl methyl sites for hydroxylation is 1. The van der Waals surface area contributed by atoms with E-state index < -0.39 is 0 Å². The van der Waals surface area contributed by atoms with E-state index in [4.69, 9.17) is 0 Å². The number of rotatable bonds is 3. The zero-order chi connectivity index (χ0) is 14.1. The predicted octanol–water partition coefficient (Wildman–Crippen LogP) is 3.10. The second kappa shape index (κ2) is 5.82. The fourth-order valence-electron chi connectivity index (χ4n) is 3.25. The largest absolute Gasteiger partial charge is 0.312 e. The van der Waals surface area contributed by atoms with Crippen LogP contribution in [0.15, 0.2) is 18.2 Å². The van der Waals surface area contributed by atoms with E-state index in [2.05, 4.69) is 17.1 Å². The molecule has 0 aromatic heterocycles. The Morgan fingerprint density at radius 3 is 2.80 bits per heavy atom. The first-order valence-electron chi connectivity index (χ1n) is 7.86. The second-order valence-corrected chi connectivity index (χ2v) is 6.54. The highest BCUT2D eigenvalue weighted by atomic mass is 19.1. The summed E-state index contributed by atoms with van der Waals surface area (Å²) in [5.74, 6) is 0.754. The minimum atomic E-state index is -0.132. The van der Waals surface area contributed by atoms with Crippen LogP contribution in [0.3, 0.4) is 0 Å². The molecule has 1 N–H and O–H groups in total. The Morgan fingerprint density at radius 1 is 1.30 bits per heavy atom. The summed E-state index contributed by atoms with van der Waals surface area (Å²) < 4.78 is 13.2. The van der Waals surface area contributed by atoms with Crippen molar-refractivity contribution in [3.05, 3.63) is 35.1 Å². The highest BCUT2D eigenvalue weighted by molar-refractivity contribution is 5.26. The number of hydrogen-bond donors (Lipinski definition) is 1. The van der Waals surface area contributed by atoms with Gasteiger partial charge in [-0.3, -0.25) is 4.90 Å². The standard InChI is InChI=1S/C17H25FN2/c1-12-9-16(18)6-5-15(12)10-20-11-17(14-3-4-14)19-8-7-13(20)2/h5-6,9,13-14,17,19H,3-4,7-8,10-11H2,1-2H3. The maximum atomic E-state index is 13.2. The SMILES string of the molecule is Cc1cc(F)ccc1CN1CC(C2CC2)NCCC1C. The van der Waals surface area contributed by atoms with Crippen molar-refractivity contribution < 1.29 is 4.39 Å². The third kappa shape index (κ3) is 3.21. The van der Waals surface area contributed by atoms with E-state index in [0.717, 1.165) is 31.1 Å². The van der Waals surface area contributed by atoms with Crippen molar-refractivity contribution in [2.75, 3.05) is 13.1 Å². The van der Waals surface area contributed by atoms with Crippen molar-refractivity contribution in [2.24, 2.45) is 5.92 Å². The van der Waals surface area contributed by atoms with Crippen molar-refractivity contribution in [3.8, 4) is 0 Å². The molecule has 1 aromatic carbocycles.